The van der Waals surface area contributed by atoms with Gasteiger partial charge in [-0.3, -0.25) is 14.6 Å². The lowest BCUT2D eigenvalue weighted by atomic mass is 9.59. The molecule has 1 atom stereocenters. The lowest BCUT2D eigenvalue weighted by Crippen LogP contribution is -2.60. The summed E-state index contributed by atoms with van der Waals surface area (Å²) in [6.45, 7) is 10.9. The molecule has 0 radical (unpaired) electrons. The molecule has 4 heterocycles. The van der Waals surface area contributed by atoms with Crippen LogP contribution in [0.5, 0.6) is 17.2 Å². The molecule has 274 valence electrons. The molecule has 2 aromatic heterocycles. The molecule has 8 heteroatoms. The van der Waals surface area contributed by atoms with Crippen LogP contribution in [0.25, 0.3) is 11.0 Å². The van der Waals surface area contributed by atoms with Crippen LogP contribution in [-0.4, -0.2) is 70.9 Å². The zero-order valence-electron chi connectivity index (χ0n) is 31.0. The highest BCUT2D eigenvalue weighted by atomic mass is 16.5. The molecular weight excluding hydrogens is 659 g/mol. The molecule has 2 saturated heterocycles. The molecule has 1 spiro atoms. The number of ether oxygens (including phenoxy) is 2. The highest BCUT2D eigenvalue weighted by Gasteiger charge is 2.50. The molecule has 2 saturated carbocycles. The van der Waals surface area contributed by atoms with Gasteiger partial charge in [-0.1, -0.05) is 50.2 Å². The Hall–Kier alpha value is -4.66. The number of carbonyl (C=O) groups is 1. The highest BCUT2D eigenvalue weighted by molar-refractivity contribution is 5.81. The van der Waals surface area contributed by atoms with Crippen molar-refractivity contribution in [3.63, 3.8) is 0 Å². The summed E-state index contributed by atoms with van der Waals surface area (Å²) in [6, 6.07) is 28.9. The Morgan fingerprint density at radius 1 is 0.925 bits per heavy atom. The van der Waals surface area contributed by atoms with Gasteiger partial charge in [0.25, 0.3) is 0 Å². The van der Waals surface area contributed by atoms with Gasteiger partial charge in [-0.05, 0) is 103 Å². The number of aromatic nitrogens is 2. The van der Waals surface area contributed by atoms with Gasteiger partial charge in [-0.25, -0.2) is 4.98 Å². The van der Waals surface area contributed by atoms with Gasteiger partial charge in [0.15, 0.2) is 6.29 Å². The van der Waals surface area contributed by atoms with Gasteiger partial charge in [0.05, 0.1) is 17.9 Å². The molecule has 53 heavy (non-hydrogen) atoms. The zero-order chi connectivity index (χ0) is 35.9. The van der Waals surface area contributed by atoms with E-state index in [9.17, 15) is 4.79 Å². The number of piperidine rings is 1. The number of pyridine rings is 1. The molecule has 8 nitrogen and oxygen atoms in total. The van der Waals surface area contributed by atoms with E-state index >= 15 is 0 Å². The number of nitrogens with one attached hydrogen (secondary N) is 1. The van der Waals surface area contributed by atoms with Gasteiger partial charge in [0.2, 0.25) is 0 Å². The van der Waals surface area contributed by atoms with E-state index in [1.807, 2.05) is 30.5 Å². The first-order chi connectivity index (χ1) is 25.9. The van der Waals surface area contributed by atoms with Crippen molar-refractivity contribution in [1.29, 1.82) is 0 Å². The second kappa shape index (κ2) is 14.3. The minimum atomic E-state index is 0.394. The van der Waals surface area contributed by atoms with Crippen LogP contribution >= 0.6 is 0 Å². The number of hydrogen-bond acceptors (Lipinski definition) is 7. The molecule has 3 aromatic carbocycles. The second-order valence-corrected chi connectivity index (χ2v) is 16.3. The molecule has 4 aliphatic rings. The van der Waals surface area contributed by atoms with Crippen molar-refractivity contribution in [2.75, 3.05) is 37.6 Å². The summed E-state index contributed by atoms with van der Waals surface area (Å²) in [4.78, 5) is 27.5. The third-order valence-corrected chi connectivity index (χ3v) is 12.4. The van der Waals surface area contributed by atoms with E-state index < -0.39 is 0 Å². The first-order valence-corrected chi connectivity index (χ1v) is 19.7. The van der Waals surface area contributed by atoms with E-state index in [1.54, 1.807) is 6.20 Å². The minimum absolute atomic E-state index is 0.394. The average molecular weight is 710 g/mol. The molecule has 0 bridgehead atoms. The summed E-state index contributed by atoms with van der Waals surface area (Å²) in [5, 5.41) is 0.976. The number of benzene rings is 3. The van der Waals surface area contributed by atoms with Crippen LogP contribution in [0.3, 0.4) is 0 Å². The maximum absolute atomic E-state index is 12.0. The minimum Gasteiger partial charge on any atom is -0.490 e. The maximum atomic E-state index is 12.0. The molecule has 1 N–H and O–H groups in total. The number of aromatic amines is 1. The van der Waals surface area contributed by atoms with Gasteiger partial charge < -0.3 is 19.4 Å². The topological polar surface area (TPSA) is 73.9 Å². The van der Waals surface area contributed by atoms with Gasteiger partial charge in [-0.15, -0.1) is 0 Å². The van der Waals surface area contributed by atoms with Crippen molar-refractivity contribution >= 4 is 23.0 Å². The van der Waals surface area contributed by atoms with Gasteiger partial charge in [0, 0.05) is 74.7 Å². The smallest absolute Gasteiger partial charge is 0.153 e. The van der Waals surface area contributed by atoms with Gasteiger partial charge in [0.1, 0.15) is 22.9 Å². The first-order valence-electron chi connectivity index (χ1n) is 19.7. The number of H-pyrrole nitrogens is 1. The number of carbonyl (C=O) groups excluding carboxylic acids is 1. The van der Waals surface area contributed by atoms with Crippen LogP contribution < -0.4 is 14.4 Å². The molecule has 5 aromatic rings. The monoisotopic (exact) mass is 709 g/mol. The fourth-order valence-corrected chi connectivity index (χ4v) is 9.19. The van der Waals surface area contributed by atoms with Crippen LogP contribution in [0.1, 0.15) is 91.4 Å². The summed E-state index contributed by atoms with van der Waals surface area (Å²) in [7, 11) is 0. The number of fused-ring (bicyclic) bond motifs is 1. The summed E-state index contributed by atoms with van der Waals surface area (Å²) >= 11 is 0. The molecule has 2 aliphatic heterocycles. The third kappa shape index (κ3) is 7.19. The van der Waals surface area contributed by atoms with Crippen LogP contribution in [0.2, 0.25) is 0 Å². The van der Waals surface area contributed by atoms with Gasteiger partial charge >= 0.3 is 0 Å². The number of hydrogen-bond donors (Lipinski definition) is 1. The Kier molecular flexibility index (Phi) is 9.20. The fraction of sp³-hybridized carbons (Fsp3) is 0.422. The van der Waals surface area contributed by atoms with E-state index in [0.717, 1.165) is 68.0 Å². The lowest BCUT2D eigenvalue weighted by Gasteiger charge is -2.58. The summed E-state index contributed by atoms with van der Waals surface area (Å²) in [5.41, 5.74) is 7.24. The van der Waals surface area contributed by atoms with Crippen LogP contribution in [0, 0.1) is 5.41 Å². The Morgan fingerprint density at radius 2 is 1.74 bits per heavy atom. The Bertz CT molecular complexity index is 2050. The average Bonchev–Trinajstić information content (AvgIpc) is 3.87. The number of aldehydes is 1. The van der Waals surface area contributed by atoms with Crippen molar-refractivity contribution in [3.05, 3.63) is 114 Å². The van der Waals surface area contributed by atoms with Crippen molar-refractivity contribution in [2.45, 2.75) is 83.0 Å². The first kappa shape index (κ1) is 34.1. The SMILES string of the molecule is CC(C)c1ccccc1C1CN(Cc2ccc(OC3CC3)cc2)CCN1C1CC2(CCN(c3ccc(C=O)c(Oc4cnc5[nH]ccc5c4)c3)CC2)C1. The Labute approximate surface area is 313 Å². The van der Waals surface area contributed by atoms with Crippen molar-refractivity contribution < 1.29 is 14.3 Å². The molecule has 2 aliphatic carbocycles. The van der Waals surface area contributed by atoms with E-state index in [-0.39, 0.29) is 0 Å². The standard InChI is InChI=1S/C45H51N5O3/c1-31(2)40-5-3-4-6-41(40)42-29-48(28-32-7-11-37(12-8-32)52-38-13-14-38)21-22-50(42)36-25-45(26-36)16-19-49(20-17-45)35-10-9-34(30-51)43(24-35)53-39-23-33-15-18-46-44(33)47-27-39/h3-12,15,18,23-24,27,30-31,36,38,42H,13-14,16-17,19-22,25-26,28-29H2,1-2H3,(H,46,47). The van der Waals surface area contributed by atoms with Crippen LogP contribution in [0.4, 0.5) is 5.69 Å². The van der Waals surface area contributed by atoms with E-state index in [0.29, 0.717) is 46.6 Å². The second-order valence-electron chi connectivity index (χ2n) is 16.3. The molecule has 1 unspecified atom stereocenters. The molecule has 0 amide bonds. The number of anilines is 1. The van der Waals surface area contributed by atoms with Crippen LogP contribution in [-0.2, 0) is 6.54 Å². The number of nitrogens with zero attached hydrogens (tertiary/aromatic N) is 4. The molecular formula is C45H51N5O3. The largest absolute Gasteiger partial charge is 0.490 e. The Balaban J connectivity index is 0.860. The fourth-order valence-electron chi connectivity index (χ4n) is 9.19. The predicted molar refractivity (Wildman–Crippen MR) is 210 cm³/mol. The van der Waals surface area contributed by atoms with Crippen LogP contribution in [0.15, 0.2) is 91.3 Å². The summed E-state index contributed by atoms with van der Waals surface area (Å²) < 4.78 is 12.3. The summed E-state index contributed by atoms with van der Waals surface area (Å²) in [5.74, 6) is 2.69. The van der Waals surface area contributed by atoms with E-state index in [1.165, 1.54) is 55.2 Å². The quantitative estimate of drug-likeness (QED) is 0.137. The van der Waals surface area contributed by atoms with E-state index in [4.69, 9.17) is 9.47 Å². The van der Waals surface area contributed by atoms with Gasteiger partial charge in [-0.2, -0.15) is 0 Å². The molecule has 4 fully saturated rings. The highest BCUT2D eigenvalue weighted by Crippen LogP contribution is 2.53. The maximum Gasteiger partial charge on any atom is 0.153 e. The van der Waals surface area contributed by atoms with E-state index in [2.05, 4.69) is 93.1 Å². The normalized spacial score (nSPS) is 20.9. The Morgan fingerprint density at radius 3 is 2.51 bits per heavy atom. The summed E-state index contributed by atoms with van der Waals surface area (Å²) in [6.07, 6.45) is 12.2. The predicted octanol–water partition coefficient (Wildman–Crippen LogP) is 9.14. The third-order valence-electron chi connectivity index (χ3n) is 12.4. The number of piperazine rings is 1. The van der Waals surface area contributed by atoms with Crippen molar-refractivity contribution in [2.24, 2.45) is 5.41 Å². The zero-order valence-corrected chi connectivity index (χ0v) is 31.0. The molecule has 9 rings (SSSR count). The lowest BCUT2D eigenvalue weighted by molar-refractivity contribution is -0.0628. The number of rotatable bonds is 11. The van der Waals surface area contributed by atoms with Crippen molar-refractivity contribution in [3.8, 4) is 17.2 Å². The van der Waals surface area contributed by atoms with Crippen molar-refractivity contribution in [1.82, 2.24) is 19.8 Å².